The maximum Gasteiger partial charge on any atom is 0.306 e. The van der Waals surface area contributed by atoms with E-state index in [4.69, 9.17) is 10.5 Å². The van der Waals surface area contributed by atoms with Crippen molar-refractivity contribution in [3.63, 3.8) is 0 Å². The van der Waals surface area contributed by atoms with Gasteiger partial charge in [-0.15, -0.1) is 0 Å². The van der Waals surface area contributed by atoms with Gasteiger partial charge in [0.25, 0.3) is 0 Å². The predicted molar refractivity (Wildman–Crippen MR) is 62.5 cm³/mol. The summed E-state index contributed by atoms with van der Waals surface area (Å²) in [6, 6.07) is 0. The van der Waals surface area contributed by atoms with Crippen molar-refractivity contribution in [3.8, 4) is 0 Å². The molecule has 0 aromatic rings. The van der Waals surface area contributed by atoms with E-state index in [1.54, 1.807) is 0 Å². The Bertz CT molecular complexity index is 169. The normalized spacial score (nSPS) is 12.9. The fourth-order valence-electron chi connectivity index (χ4n) is 1.59. The zero-order valence-electron chi connectivity index (χ0n) is 10.3. The zero-order chi connectivity index (χ0) is 11.7. The van der Waals surface area contributed by atoms with Crippen molar-refractivity contribution in [2.24, 2.45) is 11.7 Å². The first-order valence-electron chi connectivity index (χ1n) is 5.95. The van der Waals surface area contributed by atoms with Crippen molar-refractivity contribution in [1.82, 2.24) is 0 Å². The van der Waals surface area contributed by atoms with Gasteiger partial charge >= 0.3 is 5.97 Å². The summed E-state index contributed by atoms with van der Waals surface area (Å²) in [4.78, 5) is 11.3. The molecular formula is C12H25NO2. The third-order valence-corrected chi connectivity index (χ3v) is 2.22. The Morgan fingerprint density at radius 2 is 1.87 bits per heavy atom. The Morgan fingerprint density at radius 1 is 1.20 bits per heavy atom. The fourth-order valence-corrected chi connectivity index (χ4v) is 1.59. The molecule has 0 saturated carbocycles. The number of unbranched alkanes of at least 4 members (excludes halogenated alkanes) is 2. The molecule has 0 aliphatic heterocycles. The van der Waals surface area contributed by atoms with Gasteiger partial charge in [0, 0.05) is 6.42 Å². The quantitative estimate of drug-likeness (QED) is 0.500. The minimum atomic E-state index is -0.0693. The molecule has 0 bridgehead atoms. The molecule has 1 atom stereocenters. The smallest absolute Gasteiger partial charge is 0.306 e. The highest BCUT2D eigenvalue weighted by molar-refractivity contribution is 5.69. The number of rotatable bonds is 8. The highest BCUT2D eigenvalue weighted by Crippen LogP contribution is 2.09. The van der Waals surface area contributed by atoms with Gasteiger partial charge in [0.05, 0.1) is 6.10 Å². The van der Waals surface area contributed by atoms with Crippen molar-refractivity contribution in [2.45, 2.75) is 59.0 Å². The zero-order valence-corrected chi connectivity index (χ0v) is 10.3. The molecule has 0 radical (unpaired) electrons. The monoisotopic (exact) mass is 215 g/mol. The molecule has 0 heterocycles. The lowest BCUT2D eigenvalue weighted by Gasteiger charge is -2.15. The summed E-state index contributed by atoms with van der Waals surface area (Å²) in [6.45, 7) is 6.92. The van der Waals surface area contributed by atoms with E-state index in [0.717, 1.165) is 25.7 Å². The van der Waals surface area contributed by atoms with Crippen molar-refractivity contribution in [3.05, 3.63) is 0 Å². The van der Waals surface area contributed by atoms with Gasteiger partial charge in [0.15, 0.2) is 0 Å². The number of esters is 1. The third-order valence-electron chi connectivity index (χ3n) is 2.22. The first-order chi connectivity index (χ1) is 7.06. The molecule has 1 unspecified atom stereocenters. The minimum absolute atomic E-state index is 0.0482. The summed E-state index contributed by atoms with van der Waals surface area (Å²) in [7, 11) is 0. The Hall–Kier alpha value is -0.570. The van der Waals surface area contributed by atoms with Crippen LogP contribution in [-0.2, 0) is 9.53 Å². The number of ether oxygens (including phenoxy) is 1. The van der Waals surface area contributed by atoms with Gasteiger partial charge in [-0.05, 0) is 38.6 Å². The van der Waals surface area contributed by atoms with E-state index in [2.05, 4.69) is 13.8 Å². The highest BCUT2D eigenvalue weighted by atomic mass is 16.5. The van der Waals surface area contributed by atoms with E-state index in [0.29, 0.717) is 18.9 Å². The Balaban J connectivity index is 3.47. The number of hydrogen-bond acceptors (Lipinski definition) is 3. The molecule has 3 nitrogen and oxygen atoms in total. The first-order valence-corrected chi connectivity index (χ1v) is 5.95. The molecule has 0 aliphatic rings. The Kier molecular flexibility index (Phi) is 8.38. The second-order valence-electron chi connectivity index (χ2n) is 4.53. The second-order valence-corrected chi connectivity index (χ2v) is 4.53. The summed E-state index contributed by atoms with van der Waals surface area (Å²) < 4.78 is 5.27. The van der Waals surface area contributed by atoms with Crippen LogP contribution in [0.15, 0.2) is 0 Å². The molecule has 0 amide bonds. The molecule has 0 aromatic carbocycles. The van der Waals surface area contributed by atoms with Crippen LogP contribution in [0, 0.1) is 5.92 Å². The van der Waals surface area contributed by atoms with Crippen molar-refractivity contribution in [2.75, 3.05) is 6.54 Å². The van der Waals surface area contributed by atoms with E-state index in [9.17, 15) is 4.79 Å². The largest absolute Gasteiger partial charge is 0.463 e. The van der Waals surface area contributed by atoms with Crippen LogP contribution >= 0.6 is 0 Å². The van der Waals surface area contributed by atoms with Gasteiger partial charge < -0.3 is 10.5 Å². The maximum atomic E-state index is 11.3. The number of nitrogens with two attached hydrogens (primary N) is 1. The van der Waals surface area contributed by atoms with Crippen molar-refractivity contribution < 1.29 is 9.53 Å². The van der Waals surface area contributed by atoms with Gasteiger partial charge in [-0.3, -0.25) is 4.79 Å². The standard InChI is InChI=1S/C12H25NO2/c1-10(2)9-11(3)15-12(14)7-5-4-6-8-13/h10-11H,4-9,13H2,1-3H3. The van der Waals surface area contributed by atoms with E-state index in [-0.39, 0.29) is 12.1 Å². The number of hydrogen-bond donors (Lipinski definition) is 1. The summed E-state index contributed by atoms with van der Waals surface area (Å²) in [6.07, 6.45) is 4.42. The van der Waals surface area contributed by atoms with Crippen LogP contribution in [0.25, 0.3) is 0 Å². The van der Waals surface area contributed by atoms with E-state index in [1.165, 1.54) is 0 Å². The van der Waals surface area contributed by atoms with Crippen LogP contribution in [0.5, 0.6) is 0 Å². The van der Waals surface area contributed by atoms with Crippen molar-refractivity contribution in [1.29, 1.82) is 0 Å². The molecule has 0 spiro atoms. The summed E-state index contributed by atoms with van der Waals surface area (Å²) in [5.74, 6) is 0.505. The maximum absolute atomic E-state index is 11.3. The van der Waals surface area contributed by atoms with Gasteiger partial charge in [-0.2, -0.15) is 0 Å². The summed E-state index contributed by atoms with van der Waals surface area (Å²) in [5, 5.41) is 0. The summed E-state index contributed by atoms with van der Waals surface area (Å²) >= 11 is 0. The Morgan fingerprint density at radius 3 is 2.40 bits per heavy atom. The lowest BCUT2D eigenvalue weighted by molar-refractivity contribution is -0.149. The molecule has 90 valence electrons. The van der Waals surface area contributed by atoms with Crippen LogP contribution in [0.1, 0.15) is 52.9 Å². The number of carbonyl (C=O) groups is 1. The van der Waals surface area contributed by atoms with Gasteiger partial charge in [-0.1, -0.05) is 20.3 Å². The lowest BCUT2D eigenvalue weighted by Crippen LogP contribution is -2.16. The Labute approximate surface area is 93.4 Å². The average Bonchev–Trinajstić information content (AvgIpc) is 2.10. The van der Waals surface area contributed by atoms with Crippen molar-refractivity contribution >= 4 is 5.97 Å². The summed E-state index contributed by atoms with van der Waals surface area (Å²) in [5.41, 5.74) is 5.36. The average molecular weight is 215 g/mol. The van der Waals surface area contributed by atoms with Crippen LogP contribution < -0.4 is 5.73 Å². The van der Waals surface area contributed by atoms with Crippen LogP contribution in [0.3, 0.4) is 0 Å². The van der Waals surface area contributed by atoms with Gasteiger partial charge in [0.2, 0.25) is 0 Å². The topological polar surface area (TPSA) is 52.3 Å². The van der Waals surface area contributed by atoms with Crippen LogP contribution in [0.4, 0.5) is 0 Å². The minimum Gasteiger partial charge on any atom is -0.463 e. The molecule has 0 fully saturated rings. The van der Waals surface area contributed by atoms with E-state index >= 15 is 0 Å². The molecule has 2 N–H and O–H groups in total. The molecule has 0 rings (SSSR count). The molecule has 0 aromatic heterocycles. The molecule has 15 heavy (non-hydrogen) atoms. The molecule has 0 aliphatic carbocycles. The predicted octanol–water partition coefficient (Wildman–Crippen LogP) is 2.48. The van der Waals surface area contributed by atoms with Crippen LogP contribution in [0.2, 0.25) is 0 Å². The lowest BCUT2D eigenvalue weighted by atomic mass is 10.1. The third kappa shape index (κ3) is 9.73. The molecule has 0 saturated heterocycles. The van der Waals surface area contributed by atoms with E-state index < -0.39 is 0 Å². The van der Waals surface area contributed by atoms with Crippen LogP contribution in [-0.4, -0.2) is 18.6 Å². The molecule has 3 heteroatoms. The SMILES string of the molecule is CC(C)CC(C)OC(=O)CCCCCN. The fraction of sp³-hybridized carbons (Fsp3) is 0.917. The second kappa shape index (κ2) is 8.72. The highest BCUT2D eigenvalue weighted by Gasteiger charge is 2.10. The van der Waals surface area contributed by atoms with E-state index in [1.807, 2.05) is 6.92 Å². The van der Waals surface area contributed by atoms with Gasteiger partial charge in [0.1, 0.15) is 0 Å². The number of carbonyl (C=O) groups excluding carboxylic acids is 1. The van der Waals surface area contributed by atoms with Gasteiger partial charge in [-0.25, -0.2) is 0 Å². The first kappa shape index (κ1) is 14.4. The molecular weight excluding hydrogens is 190 g/mol.